The normalized spacial score (nSPS) is 12.7. The van der Waals surface area contributed by atoms with Crippen molar-refractivity contribution in [3.8, 4) is 5.69 Å². The number of halogens is 2. The molecule has 1 N–H and O–H groups in total. The first-order valence-corrected chi connectivity index (χ1v) is 6.16. The Bertz CT molecular complexity index is 560. The SMILES string of the molecule is CCNC(C)c1nnn(-c2c(F)cccc2F)c1C. The third-order valence-electron chi connectivity index (χ3n) is 3.00. The van der Waals surface area contributed by atoms with Crippen LogP contribution < -0.4 is 5.32 Å². The molecule has 0 radical (unpaired) electrons. The molecular formula is C13H16F2N4. The molecule has 1 heterocycles. The summed E-state index contributed by atoms with van der Waals surface area (Å²) in [5.74, 6) is -1.31. The van der Waals surface area contributed by atoms with Crippen molar-refractivity contribution in [2.45, 2.75) is 26.8 Å². The van der Waals surface area contributed by atoms with Gasteiger partial charge in [-0.15, -0.1) is 5.10 Å². The summed E-state index contributed by atoms with van der Waals surface area (Å²) >= 11 is 0. The summed E-state index contributed by atoms with van der Waals surface area (Å²) in [6, 6.07) is 3.70. The quantitative estimate of drug-likeness (QED) is 0.924. The molecule has 2 aromatic rings. The van der Waals surface area contributed by atoms with Crippen LogP contribution >= 0.6 is 0 Å². The molecule has 0 amide bonds. The first kappa shape index (κ1) is 13.6. The number of nitrogens with zero attached hydrogens (tertiary/aromatic N) is 3. The molecule has 0 bridgehead atoms. The van der Waals surface area contributed by atoms with E-state index in [-0.39, 0.29) is 11.7 Å². The second-order valence-electron chi connectivity index (χ2n) is 4.32. The molecule has 4 nitrogen and oxygen atoms in total. The minimum absolute atomic E-state index is 0.0198. The monoisotopic (exact) mass is 266 g/mol. The van der Waals surface area contributed by atoms with Gasteiger partial charge in [0.05, 0.1) is 11.7 Å². The summed E-state index contributed by atoms with van der Waals surface area (Å²) in [6.45, 7) is 6.44. The Kier molecular flexibility index (Phi) is 3.90. The molecule has 6 heteroatoms. The largest absolute Gasteiger partial charge is 0.309 e. The van der Waals surface area contributed by atoms with E-state index in [1.807, 2.05) is 13.8 Å². The highest BCUT2D eigenvalue weighted by Crippen LogP contribution is 2.21. The van der Waals surface area contributed by atoms with Gasteiger partial charge in [0, 0.05) is 0 Å². The lowest BCUT2D eigenvalue weighted by atomic mass is 10.2. The van der Waals surface area contributed by atoms with E-state index < -0.39 is 11.6 Å². The molecule has 0 saturated heterocycles. The van der Waals surface area contributed by atoms with Crippen LogP contribution in [0.2, 0.25) is 0 Å². The number of nitrogens with one attached hydrogen (secondary N) is 1. The maximum atomic E-state index is 13.7. The Labute approximate surface area is 110 Å². The van der Waals surface area contributed by atoms with Gasteiger partial charge in [-0.25, -0.2) is 13.5 Å². The maximum Gasteiger partial charge on any atom is 0.151 e. The van der Waals surface area contributed by atoms with Crippen molar-refractivity contribution in [2.24, 2.45) is 0 Å². The standard InChI is InChI=1S/C13H16F2N4/c1-4-16-8(2)12-9(3)19(18-17-12)13-10(14)6-5-7-11(13)15/h5-8,16H,4H2,1-3H3. The molecule has 0 aliphatic carbocycles. The van der Waals surface area contributed by atoms with Gasteiger partial charge in [-0.3, -0.25) is 0 Å². The summed E-state index contributed by atoms with van der Waals surface area (Å²) in [5.41, 5.74) is 1.12. The molecule has 0 fully saturated rings. The van der Waals surface area contributed by atoms with Crippen LogP contribution in [-0.2, 0) is 0 Å². The molecule has 1 atom stereocenters. The van der Waals surface area contributed by atoms with Crippen molar-refractivity contribution in [3.05, 3.63) is 41.2 Å². The van der Waals surface area contributed by atoms with Gasteiger partial charge >= 0.3 is 0 Å². The number of benzene rings is 1. The van der Waals surface area contributed by atoms with Gasteiger partial charge < -0.3 is 5.32 Å². The molecule has 19 heavy (non-hydrogen) atoms. The van der Waals surface area contributed by atoms with Crippen molar-refractivity contribution in [1.82, 2.24) is 20.3 Å². The molecule has 1 aromatic carbocycles. The zero-order chi connectivity index (χ0) is 14.0. The van der Waals surface area contributed by atoms with E-state index in [0.29, 0.717) is 11.4 Å². The number of aromatic nitrogens is 3. The molecule has 0 saturated carbocycles. The highest BCUT2D eigenvalue weighted by Gasteiger charge is 2.19. The second-order valence-corrected chi connectivity index (χ2v) is 4.32. The van der Waals surface area contributed by atoms with E-state index in [1.165, 1.54) is 22.9 Å². The first-order valence-electron chi connectivity index (χ1n) is 6.16. The van der Waals surface area contributed by atoms with E-state index in [2.05, 4.69) is 15.6 Å². The first-order chi connectivity index (χ1) is 9.06. The van der Waals surface area contributed by atoms with Gasteiger partial charge in [-0.05, 0) is 32.5 Å². The highest BCUT2D eigenvalue weighted by molar-refractivity contribution is 5.36. The Morgan fingerprint density at radius 3 is 2.53 bits per heavy atom. The number of para-hydroxylation sites is 1. The molecule has 1 aromatic heterocycles. The fourth-order valence-corrected chi connectivity index (χ4v) is 2.05. The van der Waals surface area contributed by atoms with Gasteiger partial charge in [0.2, 0.25) is 0 Å². The van der Waals surface area contributed by atoms with Crippen molar-refractivity contribution < 1.29 is 8.78 Å². The predicted molar refractivity (Wildman–Crippen MR) is 68.1 cm³/mol. The third-order valence-corrected chi connectivity index (χ3v) is 3.00. The molecule has 2 rings (SSSR count). The lowest BCUT2D eigenvalue weighted by Crippen LogP contribution is -2.19. The van der Waals surface area contributed by atoms with Gasteiger partial charge in [0.15, 0.2) is 11.6 Å². The fraction of sp³-hybridized carbons (Fsp3) is 0.385. The van der Waals surface area contributed by atoms with E-state index in [0.717, 1.165) is 6.54 Å². The lowest BCUT2D eigenvalue weighted by molar-refractivity contribution is 0.553. The summed E-state index contributed by atoms with van der Waals surface area (Å²) in [7, 11) is 0. The fourth-order valence-electron chi connectivity index (χ4n) is 2.05. The average molecular weight is 266 g/mol. The Balaban J connectivity index is 2.48. The molecule has 0 aliphatic rings. The van der Waals surface area contributed by atoms with Crippen LogP contribution in [0.4, 0.5) is 8.78 Å². The van der Waals surface area contributed by atoms with E-state index in [1.54, 1.807) is 6.92 Å². The number of hydrogen-bond acceptors (Lipinski definition) is 3. The Morgan fingerprint density at radius 2 is 1.95 bits per heavy atom. The van der Waals surface area contributed by atoms with E-state index in [4.69, 9.17) is 0 Å². The van der Waals surface area contributed by atoms with Crippen LogP contribution in [0.15, 0.2) is 18.2 Å². The number of hydrogen-bond donors (Lipinski definition) is 1. The van der Waals surface area contributed by atoms with Gasteiger partial charge in [-0.2, -0.15) is 0 Å². The van der Waals surface area contributed by atoms with Crippen LogP contribution in [0.25, 0.3) is 5.69 Å². The molecule has 1 unspecified atom stereocenters. The molecular weight excluding hydrogens is 250 g/mol. The van der Waals surface area contributed by atoms with Crippen molar-refractivity contribution >= 4 is 0 Å². The maximum absolute atomic E-state index is 13.7. The second kappa shape index (κ2) is 5.44. The Morgan fingerprint density at radius 1 is 1.32 bits per heavy atom. The molecule has 0 spiro atoms. The zero-order valence-corrected chi connectivity index (χ0v) is 11.1. The van der Waals surface area contributed by atoms with E-state index in [9.17, 15) is 8.78 Å². The van der Waals surface area contributed by atoms with Gasteiger partial charge in [-0.1, -0.05) is 18.2 Å². The van der Waals surface area contributed by atoms with E-state index >= 15 is 0 Å². The minimum atomic E-state index is -0.657. The summed E-state index contributed by atoms with van der Waals surface area (Å²) < 4.78 is 28.7. The summed E-state index contributed by atoms with van der Waals surface area (Å²) in [6.07, 6.45) is 0. The van der Waals surface area contributed by atoms with Gasteiger partial charge in [0.25, 0.3) is 0 Å². The average Bonchev–Trinajstić information content (AvgIpc) is 2.72. The third kappa shape index (κ3) is 2.49. The zero-order valence-electron chi connectivity index (χ0n) is 11.1. The van der Waals surface area contributed by atoms with Crippen LogP contribution in [0.3, 0.4) is 0 Å². The minimum Gasteiger partial charge on any atom is -0.309 e. The predicted octanol–water partition coefficient (Wildman–Crippen LogP) is 2.52. The number of rotatable bonds is 4. The molecule has 0 aliphatic heterocycles. The summed E-state index contributed by atoms with van der Waals surface area (Å²) in [5, 5.41) is 11.1. The van der Waals surface area contributed by atoms with Crippen molar-refractivity contribution in [3.63, 3.8) is 0 Å². The Hall–Kier alpha value is -1.82. The van der Waals surface area contributed by atoms with Crippen molar-refractivity contribution in [1.29, 1.82) is 0 Å². The summed E-state index contributed by atoms with van der Waals surface area (Å²) in [4.78, 5) is 0. The van der Waals surface area contributed by atoms with Crippen molar-refractivity contribution in [2.75, 3.05) is 6.54 Å². The van der Waals surface area contributed by atoms with Crippen LogP contribution in [-0.4, -0.2) is 21.5 Å². The lowest BCUT2D eigenvalue weighted by Gasteiger charge is -2.11. The van der Waals surface area contributed by atoms with Crippen LogP contribution in [0.5, 0.6) is 0 Å². The molecule has 102 valence electrons. The van der Waals surface area contributed by atoms with Gasteiger partial charge in [0.1, 0.15) is 11.4 Å². The smallest absolute Gasteiger partial charge is 0.151 e. The van der Waals surface area contributed by atoms with Crippen LogP contribution in [0.1, 0.15) is 31.3 Å². The van der Waals surface area contributed by atoms with Crippen LogP contribution in [0, 0.1) is 18.6 Å². The highest BCUT2D eigenvalue weighted by atomic mass is 19.1. The topological polar surface area (TPSA) is 42.7 Å².